The Morgan fingerprint density at radius 2 is 2.12 bits per heavy atom. The number of carbonyl (C=O) groups excluding carboxylic acids is 1. The molecule has 0 radical (unpaired) electrons. The third-order valence-electron chi connectivity index (χ3n) is 6.47. The van der Waals surface area contributed by atoms with Gasteiger partial charge in [0.05, 0.1) is 17.3 Å². The van der Waals surface area contributed by atoms with Crippen LogP contribution in [0.1, 0.15) is 63.2 Å². The Bertz CT molecular complexity index is 1170. The lowest BCUT2D eigenvalue weighted by atomic mass is 9.98. The number of aromatic nitrogens is 2. The van der Waals surface area contributed by atoms with E-state index in [1.165, 1.54) is 4.88 Å². The molecule has 2 aromatic heterocycles. The first kappa shape index (κ1) is 21.1. The van der Waals surface area contributed by atoms with Crippen molar-refractivity contribution in [3.8, 4) is 0 Å². The van der Waals surface area contributed by atoms with Crippen LogP contribution in [-0.4, -0.2) is 38.8 Å². The Hall–Kier alpha value is -2.77. The van der Waals surface area contributed by atoms with Crippen molar-refractivity contribution in [1.82, 2.24) is 19.8 Å². The van der Waals surface area contributed by atoms with Gasteiger partial charge < -0.3 is 9.88 Å². The van der Waals surface area contributed by atoms with Gasteiger partial charge in [0.1, 0.15) is 5.82 Å². The summed E-state index contributed by atoms with van der Waals surface area (Å²) in [6, 6.07) is 11.7. The van der Waals surface area contributed by atoms with E-state index in [0.717, 1.165) is 55.6 Å². The first-order chi connectivity index (χ1) is 15.6. The number of hydrogen-bond donors (Lipinski definition) is 1. The molecule has 1 atom stereocenters. The Morgan fingerprint density at radius 3 is 2.94 bits per heavy atom. The lowest BCUT2D eigenvalue weighted by Gasteiger charge is -2.36. The minimum atomic E-state index is -0.182. The van der Waals surface area contributed by atoms with Crippen LogP contribution in [0.25, 0.3) is 0 Å². The summed E-state index contributed by atoms with van der Waals surface area (Å²) >= 11 is 1.74. The second kappa shape index (κ2) is 9.00. The number of nitrogens with one attached hydrogen (secondary N) is 1. The third kappa shape index (κ3) is 4.27. The molecule has 1 saturated heterocycles. The average molecular weight is 449 g/mol. The van der Waals surface area contributed by atoms with E-state index >= 15 is 0 Å². The van der Waals surface area contributed by atoms with Gasteiger partial charge in [-0.25, -0.2) is 4.98 Å². The van der Waals surface area contributed by atoms with Crippen LogP contribution in [0.2, 0.25) is 0 Å². The molecule has 4 heterocycles. The standard InChI is InChI=1S/C25H28N4O2S/c1-17-6-4-7-18(14-17)25(31)29-11-3-2-9-22(29)23-26-21-10-12-28(15-19-8-5-13-32-19)16-20(21)24(30)27-23/h4-8,13-14,22H,2-3,9-12,15-16H2,1H3,(H,26,27,30). The Balaban J connectivity index is 1.40. The van der Waals surface area contributed by atoms with Gasteiger partial charge in [-0.1, -0.05) is 23.8 Å². The van der Waals surface area contributed by atoms with E-state index in [0.29, 0.717) is 24.5 Å². The number of hydrogen-bond acceptors (Lipinski definition) is 5. The molecule has 0 saturated carbocycles. The van der Waals surface area contributed by atoms with Gasteiger partial charge in [0.15, 0.2) is 0 Å². The fraction of sp³-hybridized carbons (Fsp3) is 0.400. The van der Waals surface area contributed by atoms with Crippen molar-refractivity contribution in [3.05, 3.63) is 85.2 Å². The highest BCUT2D eigenvalue weighted by atomic mass is 32.1. The van der Waals surface area contributed by atoms with Gasteiger partial charge in [-0.2, -0.15) is 0 Å². The highest BCUT2D eigenvalue weighted by Gasteiger charge is 2.32. The molecule has 3 aromatic rings. The van der Waals surface area contributed by atoms with Crippen LogP contribution in [0.3, 0.4) is 0 Å². The first-order valence-electron chi connectivity index (χ1n) is 11.3. The summed E-state index contributed by atoms with van der Waals surface area (Å²) < 4.78 is 0. The number of nitrogens with zero attached hydrogens (tertiary/aromatic N) is 3. The zero-order valence-corrected chi connectivity index (χ0v) is 19.2. The molecule has 1 N–H and O–H groups in total. The largest absolute Gasteiger partial charge is 0.328 e. The Morgan fingerprint density at radius 1 is 1.22 bits per heavy atom. The summed E-state index contributed by atoms with van der Waals surface area (Å²) in [6.07, 6.45) is 3.58. The monoisotopic (exact) mass is 448 g/mol. The molecule has 7 heteroatoms. The molecule has 1 amide bonds. The molecule has 2 aliphatic rings. The molecule has 2 aliphatic heterocycles. The molecule has 1 aromatic carbocycles. The third-order valence-corrected chi connectivity index (χ3v) is 7.33. The maximum Gasteiger partial charge on any atom is 0.255 e. The number of aryl methyl sites for hydroxylation is 1. The van der Waals surface area contributed by atoms with E-state index in [1.807, 2.05) is 36.1 Å². The molecule has 0 bridgehead atoms. The van der Waals surface area contributed by atoms with E-state index in [9.17, 15) is 9.59 Å². The van der Waals surface area contributed by atoms with Crippen molar-refractivity contribution in [2.75, 3.05) is 13.1 Å². The fourth-order valence-electron chi connectivity index (χ4n) is 4.82. The summed E-state index contributed by atoms with van der Waals surface area (Å²) in [5.41, 5.74) is 3.36. The number of carbonyl (C=O) groups is 1. The zero-order valence-electron chi connectivity index (χ0n) is 18.3. The number of thiophene rings is 1. The van der Waals surface area contributed by atoms with Gasteiger partial charge in [-0.05, 0) is 49.8 Å². The topological polar surface area (TPSA) is 69.3 Å². The zero-order chi connectivity index (χ0) is 22.1. The van der Waals surface area contributed by atoms with Crippen molar-refractivity contribution in [1.29, 1.82) is 0 Å². The van der Waals surface area contributed by atoms with Crippen LogP contribution in [0.5, 0.6) is 0 Å². The number of aromatic amines is 1. The number of likely N-dealkylation sites (tertiary alicyclic amines) is 1. The summed E-state index contributed by atoms with van der Waals surface area (Å²) in [5, 5.41) is 2.09. The van der Waals surface area contributed by atoms with Crippen molar-refractivity contribution in [2.24, 2.45) is 0 Å². The highest BCUT2D eigenvalue weighted by Crippen LogP contribution is 2.31. The molecular weight excluding hydrogens is 420 g/mol. The van der Waals surface area contributed by atoms with Crippen LogP contribution in [0, 0.1) is 6.92 Å². The van der Waals surface area contributed by atoms with E-state index in [1.54, 1.807) is 11.3 Å². The number of amides is 1. The van der Waals surface area contributed by atoms with E-state index in [4.69, 9.17) is 4.98 Å². The Kier molecular flexibility index (Phi) is 5.93. The second-order valence-corrected chi connectivity index (χ2v) is 9.83. The minimum Gasteiger partial charge on any atom is -0.328 e. The molecule has 1 unspecified atom stereocenters. The summed E-state index contributed by atoms with van der Waals surface area (Å²) in [6.45, 7) is 5.05. The Labute approximate surface area is 191 Å². The fourth-order valence-corrected chi connectivity index (χ4v) is 5.56. The van der Waals surface area contributed by atoms with E-state index < -0.39 is 0 Å². The van der Waals surface area contributed by atoms with Gasteiger partial charge in [0, 0.05) is 43.0 Å². The number of H-pyrrole nitrogens is 1. The summed E-state index contributed by atoms with van der Waals surface area (Å²) in [5.74, 6) is 0.655. The van der Waals surface area contributed by atoms with Crippen LogP contribution < -0.4 is 5.56 Å². The van der Waals surface area contributed by atoms with Crippen molar-refractivity contribution in [2.45, 2.75) is 51.7 Å². The van der Waals surface area contributed by atoms with Crippen LogP contribution in [0.4, 0.5) is 0 Å². The van der Waals surface area contributed by atoms with Gasteiger partial charge in [-0.3, -0.25) is 14.5 Å². The second-order valence-electron chi connectivity index (χ2n) is 8.80. The number of rotatable bonds is 4. The highest BCUT2D eigenvalue weighted by molar-refractivity contribution is 7.09. The molecule has 1 fully saturated rings. The molecule has 6 nitrogen and oxygen atoms in total. The number of benzene rings is 1. The maximum absolute atomic E-state index is 13.3. The molecule has 166 valence electrons. The normalized spacial score (nSPS) is 19.0. The maximum atomic E-state index is 13.3. The van der Waals surface area contributed by atoms with Gasteiger partial charge in [0.25, 0.3) is 11.5 Å². The minimum absolute atomic E-state index is 0.0147. The predicted molar refractivity (Wildman–Crippen MR) is 126 cm³/mol. The quantitative estimate of drug-likeness (QED) is 0.653. The van der Waals surface area contributed by atoms with E-state index in [2.05, 4.69) is 27.4 Å². The van der Waals surface area contributed by atoms with Gasteiger partial charge in [0.2, 0.25) is 0 Å². The summed E-state index contributed by atoms with van der Waals surface area (Å²) in [4.78, 5) is 39.8. The van der Waals surface area contributed by atoms with E-state index in [-0.39, 0.29) is 17.5 Å². The molecule has 5 rings (SSSR count). The SMILES string of the molecule is Cc1cccc(C(=O)N2CCCCC2c2nc3c(c(=O)[nH]2)CN(Cc2cccs2)CC3)c1. The molecule has 32 heavy (non-hydrogen) atoms. The van der Waals surface area contributed by atoms with Gasteiger partial charge >= 0.3 is 0 Å². The summed E-state index contributed by atoms with van der Waals surface area (Å²) in [7, 11) is 0. The predicted octanol–water partition coefficient (Wildman–Crippen LogP) is 4.07. The lowest BCUT2D eigenvalue weighted by molar-refractivity contribution is 0.0598. The number of fused-ring (bicyclic) bond motifs is 1. The van der Waals surface area contributed by atoms with Crippen LogP contribution in [0.15, 0.2) is 46.6 Å². The van der Waals surface area contributed by atoms with Crippen molar-refractivity contribution >= 4 is 17.2 Å². The average Bonchev–Trinajstić information content (AvgIpc) is 3.32. The van der Waals surface area contributed by atoms with Crippen molar-refractivity contribution in [3.63, 3.8) is 0 Å². The first-order valence-corrected chi connectivity index (χ1v) is 12.2. The molecular formula is C25H28N4O2S. The molecule has 0 aliphatic carbocycles. The van der Waals surface area contributed by atoms with Crippen molar-refractivity contribution < 1.29 is 4.79 Å². The van der Waals surface area contributed by atoms with Gasteiger partial charge in [-0.15, -0.1) is 11.3 Å². The lowest BCUT2D eigenvalue weighted by Crippen LogP contribution is -2.41. The molecule has 0 spiro atoms. The van der Waals surface area contributed by atoms with Crippen LogP contribution in [-0.2, 0) is 19.5 Å². The number of piperidine rings is 1. The smallest absolute Gasteiger partial charge is 0.255 e. The van der Waals surface area contributed by atoms with Crippen LogP contribution >= 0.6 is 11.3 Å².